The van der Waals surface area contributed by atoms with E-state index >= 15 is 0 Å². The Bertz CT molecular complexity index is 1330. The van der Waals surface area contributed by atoms with Gasteiger partial charge in [-0.15, -0.1) is 0 Å². The van der Waals surface area contributed by atoms with Crippen LogP contribution < -0.4 is 0 Å². The third kappa shape index (κ3) is 10.5. The fourth-order valence-corrected chi connectivity index (χ4v) is 6.23. The van der Waals surface area contributed by atoms with Gasteiger partial charge in [0.15, 0.2) is 0 Å². The lowest BCUT2D eigenvalue weighted by molar-refractivity contribution is 0.00962. The first-order chi connectivity index (χ1) is 21.5. The van der Waals surface area contributed by atoms with Gasteiger partial charge in [0.2, 0.25) is 6.54 Å². The Labute approximate surface area is 285 Å². The number of nitrogens with zero attached hydrogens (tertiary/aromatic N) is 3. The second-order valence-electron chi connectivity index (χ2n) is 14.3. The van der Waals surface area contributed by atoms with Gasteiger partial charge in [0.25, 0.3) is 0 Å². The predicted molar refractivity (Wildman–Crippen MR) is 184 cm³/mol. The van der Waals surface area contributed by atoms with E-state index in [-0.39, 0.29) is 23.0 Å². The lowest BCUT2D eigenvalue weighted by atomic mass is 9.73. The van der Waals surface area contributed by atoms with Crippen LogP contribution in [0.3, 0.4) is 0 Å². The number of amides is 2. The molecule has 2 amide bonds. The van der Waals surface area contributed by atoms with Crippen molar-refractivity contribution < 1.29 is 23.8 Å². The van der Waals surface area contributed by atoms with Gasteiger partial charge in [-0.3, -0.25) is 0 Å². The summed E-state index contributed by atoms with van der Waals surface area (Å²) in [6, 6.07) is 15.7. The first-order valence-corrected chi connectivity index (χ1v) is 16.6. The van der Waals surface area contributed by atoms with Gasteiger partial charge >= 0.3 is 12.2 Å². The molecule has 8 nitrogen and oxygen atoms in total. The van der Waals surface area contributed by atoms with Crippen LogP contribution >= 0.6 is 23.2 Å². The number of carbonyl (C=O) groups excluding carboxylic acids is 2. The first-order valence-electron chi connectivity index (χ1n) is 15.8. The van der Waals surface area contributed by atoms with Crippen molar-refractivity contribution in [3.63, 3.8) is 0 Å². The van der Waals surface area contributed by atoms with E-state index in [0.29, 0.717) is 44.4 Å². The molecule has 2 saturated heterocycles. The molecular weight excluding hydrogens is 625 g/mol. The van der Waals surface area contributed by atoms with Crippen molar-refractivity contribution in [1.29, 1.82) is 0 Å². The molecule has 2 aliphatic rings. The average Bonchev–Trinajstić information content (AvgIpc) is 2.97. The summed E-state index contributed by atoms with van der Waals surface area (Å²) >= 11 is 12.0. The molecule has 46 heavy (non-hydrogen) atoms. The van der Waals surface area contributed by atoms with Crippen molar-refractivity contribution in [2.45, 2.75) is 89.3 Å². The summed E-state index contributed by atoms with van der Waals surface area (Å²) in [5.74, 6) is 0. The van der Waals surface area contributed by atoms with E-state index in [4.69, 9.17) is 44.0 Å². The van der Waals surface area contributed by atoms with E-state index in [1.807, 2.05) is 77.9 Å². The molecule has 0 N–H and O–H groups in total. The normalized spacial score (nSPS) is 17.7. The zero-order chi connectivity index (χ0) is 34.2. The van der Waals surface area contributed by atoms with Crippen molar-refractivity contribution >= 4 is 35.4 Å². The topological polar surface area (TPSA) is 72.7 Å². The molecule has 0 radical (unpaired) electrons. The van der Waals surface area contributed by atoms with Gasteiger partial charge in [0.1, 0.15) is 11.2 Å². The average molecular weight is 675 g/mol. The molecule has 0 bridgehead atoms. The minimum atomic E-state index is -0.488. The second-order valence-corrected chi connectivity index (χ2v) is 15.1. The van der Waals surface area contributed by atoms with Crippen LogP contribution in [0.25, 0.3) is 4.85 Å². The Morgan fingerprint density at radius 3 is 1.39 bits per heavy atom. The highest BCUT2D eigenvalue weighted by molar-refractivity contribution is 6.30. The van der Waals surface area contributed by atoms with Crippen LogP contribution in [0.5, 0.6) is 0 Å². The first kappa shape index (κ1) is 37.5. The molecule has 2 heterocycles. The Hall–Kier alpha value is -2.99. The lowest BCUT2D eigenvalue weighted by Crippen LogP contribution is -2.48. The molecule has 2 fully saturated rings. The molecule has 0 saturated carbocycles. The number of ether oxygens (including phenoxy) is 3. The van der Waals surface area contributed by atoms with Gasteiger partial charge in [0.05, 0.1) is 12.0 Å². The second kappa shape index (κ2) is 15.7. The highest BCUT2D eigenvalue weighted by Crippen LogP contribution is 2.38. The minimum absolute atomic E-state index is 0.0716. The van der Waals surface area contributed by atoms with Gasteiger partial charge in [-0.1, -0.05) is 47.5 Å². The zero-order valence-electron chi connectivity index (χ0n) is 28.3. The third-order valence-electron chi connectivity index (χ3n) is 8.46. The maximum absolute atomic E-state index is 12.2. The zero-order valence-corrected chi connectivity index (χ0v) is 29.8. The van der Waals surface area contributed by atoms with Crippen LogP contribution in [0.15, 0.2) is 48.5 Å². The number of methoxy groups -OCH3 is 1. The van der Waals surface area contributed by atoms with E-state index in [0.717, 1.165) is 36.3 Å². The van der Waals surface area contributed by atoms with Crippen LogP contribution in [0.2, 0.25) is 10.0 Å². The lowest BCUT2D eigenvalue weighted by Gasteiger charge is -2.42. The van der Waals surface area contributed by atoms with Gasteiger partial charge in [0, 0.05) is 48.7 Å². The molecule has 2 aromatic carbocycles. The highest BCUT2D eigenvalue weighted by Gasteiger charge is 2.41. The Balaban J connectivity index is 0.000000250. The number of piperidine rings is 2. The molecule has 2 aliphatic heterocycles. The molecule has 4 rings (SSSR count). The highest BCUT2D eigenvalue weighted by atomic mass is 35.5. The Kier molecular flexibility index (Phi) is 12.8. The summed E-state index contributed by atoms with van der Waals surface area (Å²) < 4.78 is 16.4. The summed E-state index contributed by atoms with van der Waals surface area (Å²) in [5, 5.41) is 1.42. The third-order valence-corrected chi connectivity index (χ3v) is 8.96. The number of rotatable bonds is 5. The van der Waals surface area contributed by atoms with Gasteiger partial charge < -0.3 is 28.9 Å². The van der Waals surface area contributed by atoms with Gasteiger partial charge in [-0.2, -0.15) is 0 Å². The number of carbonyl (C=O) groups is 2. The van der Waals surface area contributed by atoms with Crippen molar-refractivity contribution in [3.05, 3.63) is 81.1 Å². The summed E-state index contributed by atoms with van der Waals surface area (Å²) in [4.78, 5) is 31.6. The molecule has 10 heteroatoms. The van der Waals surface area contributed by atoms with Crippen molar-refractivity contribution in [2.75, 3.05) is 46.4 Å². The smallest absolute Gasteiger partial charge is 0.410 e. The van der Waals surface area contributed by atoms with E-state index in [1.54, 1.807) is 16.9 Å². The van der Waals surface area contributed by atoms with Crippen LogP contribution in [0.1, 0.15) is 78.4 Å². The largest absolute Gasteiger partial charge is 0.444 e. The fourth-order valence-electron chi connectivity index (χ4n) is 5.98. The molecule has 0 aliphatic carbocycles. The van der Waals surface area contributed by atoms with Crippen LogP contribution in [0.4, 0.5) is 9.59 Å². The quantitative estimate of drug-likeness (QED) is 0.297. The number of hydrogen-bond acceptors (Lipinski definition) is 5. The van der Waals surface area contributed by atoms with Crippen molar-refractivity contribution in [2.24, 2.45) is 0 Å². The maximum atomic E-state index is 12.2. The number of halogens is 2. The summed E-state index contributed by atoms with van der Waals surface area (Å²) in [7, 11) is 1.72. The summed E-state index contributed by atoms with van der Waals surface area (Å²) in [6.45, 7) is 22.2. The summed E-state index contributed by atoms with van der Waals surface area (Å²) in [5.41, 5.74) is 1.12. The molecule has 0 atom stereocenters. The standard InChI is InChI=1S/C18H23ClN2O2.C18H26ClNO3/c1-17(2,3)23-16(22)21-11-9-18(10-12-21,13-20-4)14-5-7-15(19)8-6-14;1-17(2,3)23-16(21)20-11-9-18(10-12-20,13-22-4)14-5-7-15(19)8-6-14/h5-8H,9-13H2,1-3H3;5-8H,9-13H2,1-4H3. The van der Waals surface area contributed by atoms with Crippen molar-refractivity contribution in [3.8, 4) is 0 Å². The van der Waals surface area contributed by atoms with E-state index in [2.05, 4.69) is 17.0 Å². The predicted octanol–water partition coefficient (Wildman–Crippen LogP) is 8.78. The number of hydrogen-bond donors (Lipinski definition) is 0. The van der Waals surface area contributed by atoms with E-state index in [9.17, 15) is 9.59 Å². The minimum Gasteiger partial charge on any atom is -0.444 e. The Morgan fingerprint density at radius 2 is 1.07 bits per heavy atom. The molecule has 252 valence electrons. The molecule has 0 unspecified atom stereocenters. The molecule has 0 spiro atoms. The molecular formula is C36H49Cl2N3O5. The van der Waals surface area contributed by atoms with E-state index in [1.165, 1.54) is 5.56 Å². The monoisotopic (exact) mass is 673 g/mol. The molecule has 2 aromatic rings. The fraction of sp³-hybridized carbons (Fsp3) is 0.583. The van der Waals surface area contributed by atoms with Crippen molar-refractivity contribution in [1.82, 2.24) is 9.80 Å². The van der Waals surface area contributed by atoms with Crippen LogP contribution in [0, 0.1) is 6.57 Å². The SMILES string of the molecule is COCC1(c2ccc(Cl)cc2)CCN(C(=O)OC(C)(C)C)CC1.[C-]#[N+]CC1(c2ccc(Cl)cc2)CCN(C(=O)OC(C)(C)C)CC1. The maximum Gasteiger partial charge on any atom is 0.410 e. The molecule has 0 aromatic heterocycles. The van der Waals surface area contributed by atoms with Gasteiger partial charge in [-0.05, 0) is 103 Å². The van der Waals surface area contributed by atoms with E-state index < -0.39 is 11.2 Å². The Morgan fingerprint density at radius 1 is 0.717 bits per heavy atom. The summed E-state index contributed by atoms with van der Waals surface area (Å²) in [6.07, 6.45) is 2.71. The van der Waals surface area contributed by atoms with Crippen LogP contribution in [-0.2, 0) is 25.0 Å². The van der Waals surface area contributed by atoms with Crippen LogP contribution in [-0.4, -0.2) is 79.6 Å². The number of likely N-dealkylation sites (tertiary alicyclic amines) is 2. The van der Waals surface area contributed by atoms with Gasteiger partial charge in [-0.25, -0.2) is 16.2 Å². The number of benzene rings is 2.